The maximum Gasteiger partial charge on any atom is 0.310 e. The van der Waals surface area contributed by atoms with E-state index in [2.05, 4.69) is 32.3 Å². The van der Waals surface area contributed by atoms with Gasteiger partial charge in [-0.2, -0.15) is 9.49 Å². The minimum atomic E-state index is -0.905. The summed E-state index contributed by atoms with van der Waals surface area (Å²) in [4.78, 5) is 38.3. The lowest BCUT2D eigenvalue weighted by atomic mass is 9.80. The second-order valence-corrected chi connectivity index (χ2v) is 11.9. The van der Waals surface area contributed by atoms with Gasteiger partial charge in [0.25, 0.3) is 5.91 Å². The maximum atomic E-state index is 14.5. The van der Waals surface area contributed by atoms with Gasteiger partial charge in [0.1, 0.15) is 16.4 Å². The van der Waals surface area contributed by atoms with Gasteiger partial charge in [0.2, 0.25) is 5.95 Å². The zero-order chi connectivity index (χ0) is 30.3. The van der Waals surface area contributed by atoms with Crippen molar-refractivity contribution in [2.45, 2.75) is 77.5 Å². The Hall–Kier alpha value is -4.00. The number of hydrogen-bond acceptors (Lipinski definition) is 9. The molecule has 5 rings (SSSR count). The molecule has 0 radical (unpaired) electrons. The van der Waals surface area contributed by atoms with Crippen LogP contribution in [-0.2, 0) is 16.3 Å². The fourth-order valence-corrected chi connectivity index (χ4v) is 6.23. The number of pyridine rings is 1. The van der Waals surface area contributed by atoms with Gasteiger partial charge in [0.05, 0.1) is 29.6 Å². The molecule has 13 heteroatoms. The normalized spacial score (nSPS) is 20.2. The van der Waals surface area contributed by atoms with E-state index in [0.29, 0.717) is 16.5 Å². The number of allylic oxidation sites excluding steroid dienone is 1. The smallest absolute Gasteiger partial charge is 0.310 e. The molecule has 1 amide bonds. The molecule has 3 heterocycles. The number of carbonyl (C=O) groups excluding carboxylic acids is 2. The van der Waals surface area contributed by atoms with Crippen LogP contribution in [0.3, 0.4) is 0 Å². The predicted molar refractivity (Wildman–Crippen MR) is 159 cm³/mol. The molecule has 2 unspecified atom stereocenters. The van der Waals surface area contributed by atoms with Gasteiger partial charge in [-0.15, -0.1) is 11.3 Å². The van der Waals surface area contributed by atoms with E-state index >= 15 is 0 Å². The van der Waals surface area contributed by atoms with E-state index in [9.17, 15) is 18.4 Å². The number of halogens is 2. The monoisotopic (exact) mass is 611 g/mol. The SMILES string of the molecule is CC1CCCCC1C(=O)OCn1cc(-c2nc(C(=O)N/C(C=NC3CCCCC3)=C(/N)c3nc(F)ccc3F)cs2)cn1. The number of carbonyl (C=O) groups is 2. The van der Waals surface area contributed by atoms with E-state index in [1.165, 1.54) is 22.2 Å². The number of ether oxygens (including phenoxy) is 1. The Balaban J connectivity index is 1.28. The summed E-state index contributed by atoms with van der Waals surface area (Å²) < 4.78 is 35.3. The Morgan fingerprint density at radius 3 is 2.70 bits per heavy atom. The van der Waals surface area contributed by atoms with E-state index in [1.807, 2.05) is 0 Å². The lowest BCUT2D eigenvalue weighted by Crippen LogP contribution is -2.27. The number of aromatic nitrogens is 4. The molecular weight excluding hydrogens is 576 g/mol. The maximum absolute atomic E-state index is 14.5. The first-order valence-corrected chi connectivity index (χ1v) is 15.5. The van der Waals surface area contributed by atoms with Crippen molar-refractivity contribution in [1.82, 2.24) is 25.1 Å². The lowest BCUT2D eigenvalue weighted by molar-refractivity contribution is -0.155. The molecule has 3 aromatic heterocycles. The summed E-state index contributed by atoms with van der Waals surface area (Å²) in [7, 11) is 0. The molecule has 0 saturated heterocycles. The summed E-state index contributed by atoms with van der Waals surface area (Å²) in [5.74, 6) is -2.32. The minimum absolute atomic E-state index is 0.00374. The van der Waals surface area contributed by atoms with Crippen LogP contribution in [-0.4, -0.2) is 43.9 Å². The van der Waals surface area contributed by atoms with Crippen LogP contribution in [0.15, 0.2) is 40.6 Å². The van der Waals surface area contributed by atoms with Crippen LogP contribution >= 0.6 is 11.3 Å². The van der Waals surface area contributed by atoms with Gasteiger partial charge < -0.3 is 15.8 Å². The number of nitrogens with zero attached hydrogens (tertiary/aromatic N) is 5. The van der Waals surface area contributed by atoms with Gasteiger partial charge in [-0.3, -0.25) is 14.6 Å². The molecule has 2 atom stereocenters. The molecule has 3 aromatic rings. The highest BCUT2D eigenvalue weighted by Crippen LogP contribution is 2.31. The summed E-state index contributed by atoms with van der Waals surface area (Å²) in [6.45, 7) is 2.07. The Morgan fingerprint density at radius 2 is 1.91 bits per heavy atom. The standard InChI is InChI=1S/C30H35F2N7O3S/c1-18-7-5-6-10-21(18)30(41)42-17-39-15-19(13-35-39)29-37-24(16-43-29)28(40)36-23(14-34-20-8-3-2-4-9-20)26(33)27-22(31)11-12-25(32)38-27/h11-16,18,20-21H,2-10,17,33H2,1H3,(H,36,40)/b26-23+,34-14?. The minimum Gasteiger partial charge on any atom is -0.442 e. The zero-order valence-corrected chi connectivity index (χ0v) is 24.8. The van der Waals surface area contributed by atoms with Gasteiger partial charge >= 0.3 is 5.97 Å². The van der Waals surface area contributed by atoms with E-state index in [-0.39, 0.29) is 41.7 Å². The van der Waals surface area contributed by atoms with Crippen molar-refractivity contribution in [1.29, 1.82) is 0 Å². The zero-order valence-electron chi connectivity index (χ0n) is 24.0. The third-order valence-electron chi connectivity index (χ3n) is 7.96. The second-order valence-electron chi connectivity index (χ2n) is 11.1. The molecule has 2 aliphatic carbocycles. The van der Waals surface area contributed by atoms with Crippen LogP contribution in [0.2, 0.25) is 0 Å². The quantitative estimate of drug-likeness (QED) is 0.186. The van der Waals surface area contributed by atoms with Crippen molar-refractivity contribution >= 4 is 35.1 Å². The van der Waals surface area contributed by atoms with Gasteiger partial charge in [0.15, 0.2) is 12.5 Å². The first kappa shape index (κ1) is 30.5. The number of hydrogen-bond donors (Lipinski definition) is 2. The number of amides is 1. The summed E-state index contributed by atoms with van der Waals surface area (Å²) in [5, 5.41) is 9.01. The third kappa shape index (κ3) is 7.70. The van der Waals surface area contributed by atoms with Gasteiger partial charge in [-0.1, -0.05) is 39.0 Å². The van der Waals surface area contributed by atoms with E-state index in [1.54, 1.807) is 17.8 Å². The number of aliphatic imine (C=N–C) groups is 1. The van der Waals surface area contributed by atoms with Gasteiger partial charge in [-0.05, 0) is 43.7 Å². The van der Waals surface area contributed by atoms with Crippen molar-refractivity contribution in [2.75, 3.05) is 0 Å². The molecule has 2 saturated carbocycles. The van der Waals surface area contributed by atoms with Crippen molar-refractivity contribution < 1.29 is 23.1 Å². The van der Waals surface area contributed by atoms with E-state index in [4.69, 9.17) is 10.5 Å². The van der Waals surface area contributed by atoms with Crippen LogP contribution in [0.25, 0.3) is 16.3 Å². The van der Waals surface area contributed by atoms with Crippen LogP contribution in [0.4, 0.5) is 8.78 Å². The summed E-state index contributed by atoms with van der Waals surface area (Å²) in [5.41, 5.74) is 6.26. The Labute approximate surface area is 252 Å². The molecule has 0 aromatic carbocycles. The summed E-state index contributed by atoms with van der Waals surface area (Å²) in [6, 6.07) is 1.86. The van der Waals surface area contributed by atoms with E-state index in [0.717, 1.165) is 69.9 Å². The van der Waals surface area contributed by atoms with Crippen molar-refractivity contribution in [3.63, 3.8) is 0 Å². The van der Waals surface area contributed by atoms with Crippen LogP contribution in [0, 0.1) is 23.6 Å². The molecule has 0 spiro atoms. The van der Waals surface area contributed by atoms with Gasteiger partial charge in [0, 0.05) is 23.4 Å². The first-order chi connectivity index (χ1) is 20.8. The predicted octanol–water partition coefficient (Wildman–Crippen LogP) is 5.47. The third-order valence-corrected chi connectivity index (χ3v) is 8.86. The van der Waals surface area contributed by atoms with Crippen molar-refractivity contribution in [3.8, 4) is 10.6 Å². The molecule has 2 aliphatic rings. The average Bonchev–Trinajstić information content (AvgIpc) is 3.70. The molecule has 2 fully saturated rings. The summed E-state index contributed by atoms with van der Waals surface area (Å²) >= 11 is 1.23. The fraction of sp³-hybridized carbons (Fsp3) is 0.467. The molecule has 43 heavy (non-hydrogen) atoms. The highest BCUT2D eigenvalue weighted by atomic mass is 32.1. The number of esters is 1. The lowest BCUT2D eigenvalue weighted by Gasteiger charge is -2.26. The largest absolute Gasteiger partial charge is 0.442 e. The highest BCUT2D eigenvalue weighted by molar-refractivity contribution is 7.13. The van der Waals surface area contributed by atoms with Crippen LogP contribution < -0.4 is 11.1 Å². The topological polar surface area (TPSA) is 137 Å². The summed E-state index contributed by atoms with van der Waals surface area (Å²) in [6.07, 6.45) is 13.7. The Bertz CT molecular complexity index is 1510. The molecular formula is C30H35F2N7O3S. The van der Waals surface area contributed by atoms with Crippen LogP contribution in [0.1, 0.15) is 80.9 Å². The molecule has 3 N–H and O–H groups in total. The van der Waals surface area contributed by atoms with Crippen molar-refractivity contribution in [2.24, 2.45) is 22.6 Å². The van der Waals surface area contributed by atoms with Gasteiger partial charge in [-0.25, -0.2) is 19.0 Å². The number of nitrogens with one attached hydrogen (secondary N) is 1. The highest BCUT2D eigenvalue weighted by Gasteiger charge is 2.29. The molecule has 228 valence electrons. The fourth-order valence-electron chi connectivity index (χ4n) is 5.46. The number of thiazole rings is 1. The second kappa shape index (κ2) is 14.0. The molecule has 10 nitrogen and oxygen atoms in total. The Morgan fingerprint density at radius 1 is 1.14 bits per heavy atom. The van der Waals surface area contributed by atoms with Crippen LogP contribution in [0.5, 0.6) is 0 Å². The molecule has 0 aliphatic heterocycles. The first-order valence-electron chi connectivity index (χ1n) is 14.6. The number of nitrogens with two attached hydrogens (primary N) is 1. The molecule has 0 bridgehead atoms. The average molecular weight is 612 g/mol. The van der Waals surface area contributed by atoms with Crippen molar-refractivity contribution in [3.05, 3.63) is 58.8 Å². The van der Waals surface area contributed by atoms with E-state index < -0.39 is 23.4 Å². The number of rotatable bonds is 9. The Kier molecular flexibility index (Phi) is 9.90.